The van der Waals surface area contributed by atoms with E-state index in [1.807, 2.05) is 6.92 Å². The first-order chi connectivity index (χ1) is 6.89. The lowest BCUT2D eigenvalue weighted by Crippen LogP contribution is -2.01. The van der Waals surface area contributed by atoms with Gasteiger partial charge in [-0.1, -0.05) is 0 Å². The number of halogens is 1. The van der Waals surface area contributed by atoms with Crippen LogP contribution in [0, 0.1) is 6.92 Å². The normalized spacial score (nSPS) is 12.2. The Bertz CT molecular complexity index is 633. The van der Waals surface area contributed by atoms with Crippen LogP contribution in [0.3, 0.4) is 0 Å². The Morgan fingerprint density at radius 3 is 2.73 bits per heavy atom. The summed E-state index contributed by atoms with van der Waals surface area (Å²) in [7, 11) is -3.24. The molecule has 0 atom stereocenters. The Balaban J connectivity index is 2.78. The van der Waals surface area contributed by atoms with Crippen molar-refractivity contribution in [3.63, 3.8) is 0 Å². The molecule has 0 fully saturated rings. The van der Waals surface area contributed by atoms with Gasteiger partial charge < -0.3 is 0 Å². The summed E-state index contributed by atoms with van der Waals surface area (Å²) in [5.41, 5.74) is 1.38. The Kier molecular flexibility index (Phi) is 2.31. The molecular weight excluding hydrogens is 282 g/mol. The Morgan fingerprint density at radius 1 is 1.47 bits per heavy atom. The van der Waals surface area contributed by atoms with E-state index in [1.54, 1.807) is 0 Å². The van der Waals surface area contributed by atoms with Gasteiger partial charge in [0.25, 0.3) is 0 Å². The number of hydrogen-bond acceptors (Lipinski definition) is 4. The minimum atomic E-state index is -3.24. The maximum atomic E-state index is 11.3. The summed E-state index contributed by atoms with van der Waals surface area (Å²) in [6.45, 7) is 1.82. The molecule has 5 nitrogen and oxygen atoms in total. The Hall–Kier alpha value is -0.950. The first-order valence-corrected chi connectivity index (χ1v) is 6.78. The van der Waals surface area contributed by atoms with Crippen molar-refractivity contribution in [3.05, 3.63) is 22.6 Å². The van der Waals surface area contributed by atoms with E-state index in [0.29, 0.717) is 5.65 Å². The zero-order valence-electron chi connectivity index (χ0n) is 8.10. The molecule has 0 aromatic carbocycles. The SMILES string of the molecule is Cc1nn2cc(S(C)(=O)=O)cnc2c1Br. The molecule has 0 aliphatic heterocycles. The van der Waals surface area contributed by atoms with Crippen molar-refractivity contribution in [2.24, 2.45) is 0 Å². The van der Waals surface area contributed by atoms with Gasteiger partial charge in [-0.05, 0) is 22.9 Å². The van der Waals surface area contributed by atoms with Crippen molar-refractivity contribution in [1.82, 2.24) is 14.6 Å². The summed E-state index contributed by atoms with van der Waals surface area (Å²) in [6.07, 6.45) is 3.92. The van der Waals surface area contributed by atoms with Gasteiger partial charge in [0.1, 0.15) is 4.90 Å². The molecule has 0 N–H and O–H groups in total. The molecule has 0 aliphatic carbocycles. The maximum Gasteiger partial charge on any atom is 0.178 e. The minimum Gasteiger partial charge on any atom is -0.235 e. The third-order valence-electron chi connectivity index (χ3n) is 1.98. The van der Waals surface area contributed by atoms with Crippen molar-refractivity contribution >= 4 is 31.4 Å². The summed E-state index contributed by atoms with van der Waals surface area (Å²) < 4.78 is 24.8. The van der Waals surface area contributed by atoms with Gasteiger partial charge in [0.2, 0.25) is 0 Å². The van der Waals surface area contributed by atoms with E-state index in [-0.39, 0.29) is 4.90 Å². The average Bonchev–Trinajstić information content (AvgIpc) is 2.41. The molecule has 2 aromatic heterocycles. The molecule has 0 unspecified atom stereocenters. The number of rotatable bonds is 1. The number of sulfone groups is 1. The molecule has 80 valence electrons. The zero-order valence-corrected chi connectivity index (χ0v) is 10.5. The molecule has 2 heterocycles. The fourth-order valence-electron chi connectivity index (χ4n) is 1.19. The molecule has 0 saturated heterocycles. The smallest absolute Gasteiger partial charge is 0.178 e. The first-order valence-electron chi connectivity index (χ1n) is 4.10. The van der Waals surface area contributed by atoms with Crippen LogP contribution in [0.2, 0.25) is 0 Å². The fourth-order valence-corrected chi connectivity index (χ4v) is 2.09. The van der Waals surface area contributed by atoms with Crippen LogP contribution in [0.4, 0.5) is 0 Å². The van der Waals surface area contributed by atoms with Gasteiger partial charge in [-0.2, -0.15) is 5.10 Å². The molecule has 2 rings (SSSR count). The number of hydrogen-bond donors (Lipinski definition) is 0. The van der Waals surface area contributed by atoms with Gasteiger partial charge in [-0.25, -0.2) is 17.9 Å². The second kappa shape index (κ2) is 3.28. The van der Waals surface area contributed by atoms with Crippen molar-refractivity contribution in [3.8, 4) is 0 Å². The van der Waals surface area contributed by atoms with E-state index >= 15 is 0 Å². The average molecular weight is 290 g/mol. The van der Waals surface area contributed by atoms with Crippen LogP contribution < -0.4 is 0 Å². The summed E-state index contributed by atoms with van der Waals surface area (Å²) in [5, 5.41) is 4.13. The number of fused-ring (bicyclic) bond motifs is 1. The van der Waals surface area contributed by atoms with Crippen LogP contribution in [0.15, 0.2) is 21.8 Å². The Labute approximate surface area is 95.2 Å². The van der Waals surface area contributed by atoms with Crippen LogP contribution in [0.25, 0.3) is 5.65 Å². The van der Waals surface area contributed by atoms with E-state index in [9.17, 15) is 8.42 Å². The van der Waals surface area contributed by atoms with E-state index in [0.717, 1.165) is 16.4 Å². The second-order valence-electron chi connectivity index (χ2n) is 3.23. The fraction of sp³-hybridized carbons (Fsp3) is 0.250. The third-order valence-corrected chi connectivity index (χ3v) is 3.98. The highest BCUT2D eigenvalue weighted by molar-refractivity contribution is 9.10. The lowest BCUT2D eigenvalue weighted by Gasteiger charge is -1.97. The molecule has 7 heteroatoms. The van der Waals surface area contributed by atoms with Gasteiger partial charge >= 0.3 is 0 Å². The molecular formula is C8H8BrN3O2S. The topological polar surface area (TPSA) is 64.3 Å². The molecule has 0 saturated carbocycles. The van der Waals surface area contributed by atoms with Crippen LogP contribution in [-0.2, 0) is 9.84 Å². The van der Waals surface area contributed by atoms with E-state index < -0.39 is 9.84 Å². The Morgan fingerprint density at radius 2 is 2.13 bits per heavy atom. The minimum absolute atomic E-state index is 0.157. The van der Waals surface area contributed by atoms with Gasteiger partial charge in [0.15, 0.2) is 15.5 Å². The highest BCUT2D eigenvalue weighted by Crippen LogP contribution is 2.20. The highest BCUT2D eigenvalue weighted by Gasteiger charge is 2.12. The molecule has 2 aromatic rings. The maximum absolute atomic E-state index is 11.3. The van der Waals surface area contributed by atoms with E-state index in [1.165, 1.54) is 16.9 Å². The highest BCUT2D eigenvalue weighted by atomic mass is 79.9. The number of aromatic nitrogens is 3. The van der Waals surface area contributed by atoms with Crippen molar-refractivity contribution < 1.29 is 8.42 Å². The number of nitrogens with zero attached hydrogens (tertiary/aromatic N) is 3. The van der Waals surface area contributed by atoms with Gasteiger partial charge in [0.05, 0.1) is 16.4 Å². The predicted molar refractivity (Wildman–Crippen MR) is 58.5 cm³/mol. The molecule has 15 heavy (non-hydrogen) atoms. The van der Waals surface area contributed by atoms with E-state index in [2.05, 4.69) is 26.0 Å². The standard InChI is InChI=1S/C8H8BrN3O2S/c1-5-7(9)8-10-3-6(15(2,13)14)4-12(8)11-5/h3-4H,1-2H3. The van der Waals surface area contributed by atoms with Gasteiger partial charge in [-0.3, -0.25) is 0 Å². The van der Waals surface area contributed by atoms with Gasteiger partial charge in [0, 0.05) is 12.5 Å². The quantitative estimate of drug-likeness (QED) is 0.791. The second-order valence-corrected chi connectivity index (χ2v) is 6.04. The van der Waals surface area contributed by atoms with Crippen LogP contribution in [0.5, 0.6) is 0 Å². The lowest BCUT2D eigenvalue weighted by molar-refractivity contribution is 0.600. The first kappa shape index (κ1) is 10.6. The molecule has 0 radical (unpaired) electrons. The largest absolute Gasteiger partial charge is 0.235 e. The number of aryl methyl sites for hydroxylation is 1. The van der Waals surface area contributed by atoms with Gasteiger partial charge in [-0.15, -0.1) is 0 Å². The monoisotopic (exact) mass is 289 g/mol. The molecule has 0 bridgehead atoms. The van der Waals surface area contributed by atoms with Crippen LogP contribution in [-0.4, -0.2) is 29.3 Å². The summed E-state index contributed by atoms with van der Waals surface area (Å²) in [6, 6.07) is 0. The van der Waals surface area contributed by atoms with Crippen molar-refractivity contribution in [2.45, 2.75) is 11.8 Å². The summed E-state index contributed by atoms with van der Waals surface area (Å²) in [5.74, 6) is 0. The summed E-state index contributed by atoms with van der Waals surface area (Å²) >= 11 is 3.33. The van der Waals surface area contributed by atoms with Crippen LogP contribution >= 0.6 is 15.9 Å². The molecule has 0 aliphatic rings. The van der Waals surface area contributed by atoms with Crippen molar-refractivity contribution in [2.75, 3.05) is 6.26 Å². The summed E-state index contributed by atoms with van der Waals surface area (Å²) in [4.78, 5) is 4.20. The lowest BCUT2D eigenvalue weighted by atomic mass is 10.5. The third kappa shape index (κ3) is 1.76. The molecule has 0 amide bonds. The predicted octanol–water partition coefficient (Wildman–Crippen LogP) is 1.20. The molecule has 0 spiro atoms. The zero-order chi connectivity index (χ0) is 11.2. The van der Waals surface area contributed by atoms with E-state index in [4.69, 9.17) is 0 Å². The van der Waals surface area contributed by atoms with Crippen molar-refractivity contribution in [1.29, 1.82) is 0 Å². The van der Waals surface area contributed by atoms with Crippen LogP contribution in [0.1, 0.15) is 5.69 Å².